The molecular formula is C34H23BN4. The van der Waals surface area contributed by atoms with Gasteiger partial charge in [-0.1, -0.05) is 84.3 Å². The van der Waals surface area contributed by atoms with Gasteiger partial charge in [-0.25, -0.2) is 0 Å². The minimum Gasteiger partial charge on any atom is -0.308 e. The van der Waals surface area contributed by atoms with Crippen molar-refractivity contribution in [3.63, 3.8) is 0 Å². The van der Waals surface area contributed by atoms with Crippen LogP contribution in [0.2, 0.25) is 0 Å². The van der Waals surface area contributed by atoms with Crippen LogP contribution in [0, 0.1) is 0 Å². The zero-order valence-electron chi connectivity index (χ0n) is 21.1. The normalized spacial score (nSPS) is 14.3. The highest BCUT2D eigenvalue weighted by molar-refractivity contribution is 6.95. The SMILES string of the molecule is c1ccc(B2c3ncccc3C3(c4ccccc4N(c4ccccc4)c4cccnc43)c3cccnc32)cc1. The quantitative estimate of drug-likeness (QED) is 0.319. The predicted octanol–water partition coefficient (Wildman–Crippen LogP) is 4.87. The molecule has 0 aliphatic carbocycles. The minimum atomic E-state index is -0.670. The predicted molar refractivity (Wildman–Crippen MR) is 157 cm³/mol. The van der Waals surface area contributed by atoms with E-state index in [1.54, 1.807) is 0 Å². The van der Waals surface area contributed by atoms with E-state index in [1.165, 1.54) is 11.0 Å². The first kappa shape index (κ1) is 22.0. The van der Waals surface area contributed by atoms with Crippen molar-refractivity contribution in [3.8, 4) is 0 Å². The van der Waals surface area contributed by atoms with Crippen LogP contribution >= 0.6 is 0 Å². The maximum Gasteiger partial charge on any atom is 0.289 e. The van der Waals surface area contributed by atoms with E-state index in [-0.39, 0.29) is 6.71 Å². The van der Waals surface area contributed by atoms with E-state index >= 15 is 0 Å². The lowest BCUT2D eigenvalue weighted by Gasteiger charge is -2.48. The van der Waals surface area contributed by atoms with Crippen LogP contribution in [-0.2, 0) is 5.41 Å². The maximum absolute atomic E-state index is 5.17. The third-order valence-electron chi connectivity index (χ3n) is 8.11. The summed E-state index contributed by atoms with van der Waals surface area (Å²) in [5.41, 5.74) is 10.3. The highest BCUT2D eigenvalue weighted by atomic mass is 15.2. The lowest BCUT2D eigenvalue weighted by molar-refractivity contribution is 0.700. The maximum atomic E-state index is 5.17. The number of rotatable bonds is 2. The summed E-state index contributed by atoms with van der Waals surface area (Å²) in [6, 6.07) is 42.6. The monoisotopic (exact) mass is 498 g/mol. The Labute approximate surface area is 227 Å². The number of aromatic nitrogens is 3. The smallest absolute Gasteiger partial charge is 0.289 e. The molecule has 2 aliphatic heterocycles. The molecule has 0 atom stereocenters. The topological polar surface area (TPSA) is 41.9 Å². The van der Waals surface area contributed by atoms with E-state index in [0.717, 1.165) is 45.1 Å². The Morgan fingerprint density at radius 2 is 1.03 bits per heavy atom. The summed E-state index contributed by atoms with van der Waals surface area (Å²) in [7, 11) is 0. The second-order valence-corrected chi connectivity index (χ2v) is 10.0. The number of benzene rings is 3. The Morgan fingerprint density at radius 1 is 0.487 bits per heavy atom. The molecule has 5 heteroatoms. The van der Waals surface area contributed by atoms with E-state index in [0.29, 0.717) is 0 Å². The Balaban J connectivity index is 1.53. The average Bonchev–Trinajstić information content (AvgIpc) is 3.02. The van der Waals surface area contributed by atoms with Gasteiger partial charge >= 0.3 is 0 Å². The van der Waals surface area contributed by atoms with Gasteiger partial charge in [-0.2, -0.15) is 0 Å². The van der Waals surface area contributed by atoms with Crippen molar-refractivity contribution in [2.24, 2.45) is 0 Å². The van der Waals surface area contributed by atoms with Crippen molar-refractivity contribution in [1.82, 2.24) is 15.0 Å². The van der Waals surface area contributed by atoms with Crippen LogP contribution in [0.5, 0.6) is 0 Å². The van der Waals surface area contributed by atoms with Gasteiger partial charge in [-0.15, -0.1) is 0 Å². The number of nitrogens with zero attached hydrogens (tertiary/aromatic N) is 4. The molecule has 0 fully saturated rings. The zero-order valence-corrected chi connectivity index (χ0v) is 21.1. The Kier molecular flexibility index (Phi) is 4.80. The lowest BCUT2D eigenvalue weighted by Crippen LogP contribution is -2.64. The van der Waals surface area contributed by atoms with Gasteiger partial charge < -0.3 is 4.90 Å². The fraction of sp³-hybridized carbons (Fsp3) is 0.0294. The van der Waals surface area contributed by atoms with Gasteiger partial charge in [0.25, 0.3) is 6.71 Å². The van der Waals surface area contributed by atoms with E-state index < -0.39 is 5.41 Å². The average molecular weight is 498 g/mol. The van der Waals surface area contributed by atoms with E-state index in [4.69, 9.17) is 15.0 Å². The van der Waals surface area contributed by atoms with Crippen molar-refractivity contribution in [1.29, 1.82) is 0 Å². The molecule has 2 aliphatic rings. The van der Waals surface area contributed by atoms with Gasteiger partial charge in [0.1, 0.15) is 0 Å². The van der Waals surface area contributed by atoms with Crippen molar-refractivity contribution in [2.75, 3.05) is 4.90 Å². The second-order valence-electron chi connectivity index (χ2n) is 10.0. The molecule has 3 aromatic carbocycles. The van der Waals surface area contributed by atoms with Gasteiger partial charge in [-0.3, -0.25) is 15.0 Å². The lowest BCUT2D eigenvalue weighted by atomic mass is 9.33. The summed E-state index contributed by atoms with van der Waals surface area (Å²) < 4.78 is 0. The highest BCUT2D eigenvalue weighted by Gasteiger charge is 2.54. The molecular weight excluding hydrogens is 475 g/mol. The van der Waals surface area contributed by atoms with Gasteiger partial charge in [0.05, 0.1) is 22.5 Å². The molecule has 1 spiro atoms. The Hall–Kier alpha value is -5.03. The first-order chi connectivity index (χ1) is 19.4. The van der Waals surface area contributed by atoms with Crippen molar-refractivity contribution < 1.29 is 0 Å². The van der Waals surface area contributed by atoms with Crippen molar-refractivity contribution in [2.45, 2.75) is 5.41 Å². The minimum absolute atomic E-state index is 0.0734. The summed E-state index contributed by atoms with van der Waals surface area (Å²) in [5.74, 6) is 0. The molecule has 0 bridgehead atoms. The molecule has 4 nitrogen and oxygen atoms in total. The number of hydrogen-bond acceptors (Lipinski definition) is 4. The first-order valence-corrected chi connectivity index (χ1v) is 13.2. The molecule has 0 unspecified atom stereocenters. The molecule has 0 saturated carbocycles. The molecule has 0 amide bonds. The summed E-state index contributed by atoms with van der Waals surface area (Å²) in [6.45, 7) is -0.0734. The molecule has 0 N–H and O–H groups in total. The number of pyridine rings is 3. The molecule has 0 saturated heterocycles. The fourth-order valence-corrected chi connectivity index (χ4v) is 6.67. The highest BCUT2D eigenvalue weighted by Crippen LogP contribution is 2.56. The summed E-state index contributed by atoms with van der Waals surface area (Å²) in [5, 5.41) is 0. The molecule has 3 aromatic heterocycles. The van der Waals surface area contributed by atoms with Crippen molar-refractivity contribution >= 4 is 40.4 Å². The summed E-state index contributed by atoms with van der Waals surface area (Å²) in [4.78, 5) is 17.6. The molecule has 8 rings (SSSR count). The molecule has 6 aromatic rings. The Morgan fingerprint density at radius 3 is 1.74 bits per heavy atom. The van der Waals surface area contributed by atoms with Crippen LogP contribution < -0.4 is 21.5 Å². The molecule has 182 valence electrons. The standard InChI is InChI=1S/C34H23BN4/c1-3-12-24(13-4-1)35-32-27(17-9-22-37-32)34(28-18-10-23-38-33(28)35)26-16-7-8-19-29(26)39(25-14-5-2-6-15-25)30-20-11-21-36-31(30)34/h1-23H. The summed E-state index contributed by atoms with van der Waals surface area (Å²) >= 11 is 0. The van der Waals surface area contributed by atoms with Gasteiger partial charge in [0.2, 0.25) is 0 Å². The van der Waals surface area contributed by atoms with Crippen LogP contribution in [0.3, 0.4) is 0 Å². The van der Waals surface area contributed by atoms with Crippen molar-refractivity contribution in [3.05, 3.63) is 162 Å². The van der Waals surface area contributed by atoms with Crippen LogP contribution in [-0.4, -0.2) is 21.7 Å². The van der Waals surface area contributed by atoms with Crippen LogP contribution in [0.15, 0.2) is 140 Å². The number of para-hydroxylation sites is 2. The second kappa shape index (κ2) is 8.50. The zero-order chi connectivity index (χ0) is 25.8. The molecule has 0 radical (unpaired) electrons. The molecule has 39 heavy (non-hydrogen) atoms. The van der Waals surface area contributed by atoms with Crippen LogP contribution in [0.4, 0.5) is 17.1 Å². The number of anilines is 3. The van der Waals surface area contributed by atoms with Gasteiger partial charge in [0, 0.05) is 35.5 Å². The van der Waals surface area contributed by atoms with Crippen LogP contribution in [0.25, 0.3) is 0 Å². The van der Waals surface area contributed by atoms with Crippen LogP contribution in [0.1, 0.15) is 22.4 Å². The number of hydrogen-bond donors (Lipinski definition) is 0. The number of fused-ring (bicyclic) bond motifs is 8. The first-order valence-electron chi connectivity index (χ1n) is 13.2. The Bertz CT molecular complexity index is 1600. The third-order valence-corrected chi connectivity index (χ3v) is 8.11. The largest absolute Gasteiger partial charge is 0.308 e. The van der Waals surface area contributed by atoms with Gasteiger partial charge in [-0.05, 0) is 59.2 Å². The van der Waals surface area contributed by atoms with E-state index in [1.807, 2.05) is 24.7 Å². The van der Waals surface area contributed by atoms with E-state index in [9.17, 15) is 0 Å². The summed E-state index contributed by atoms with van der Waals surface area (Å²) in [6.07, 6.45) is 5.72. The fourth-order valence-electron chi connectivity index (χ4n) is 6.67. The third kappa shape index (κ3) is 2.98. The van der Waals surface area contributed by atoms with Gasteiger partial charge in [0.15, 0.2) is 0 Å². The molecule has 5 heterocycles. The van der Waals surface area contributed by atoms with E-state index in [2.05, 4.69) is 120 Å².